The van der Waals surface area contributed by atoms with Crippen LogP contribution in [-0.2, 0) is 6.54 Å². The summed E-state index contributed by atoms with van der Waals surface area (Å²) in [6.07, 6.45) is 1.63. The molecule has 2 heterocycles. The lowest BCUT2D eigenvalue weighted by Crippen LogP contribution is -2.16. The van der Waals surface area contributed by atoms with Gasteiger partial charge in [0.25, 0.3) is 5.91 Å². The fourth-order valence-electron chi connectivity index (χ4n) is 2.44. The van der Waals surface area contributed by atoms with Gasteiger partial charge in [0, 0.05) is 12.0 Å². The molecule has 0 radical (unpaired) electrons. The standard InChI is InChI=1S/C18H18Cl2N4OS/c1-10(2)18-22-11(3)16(26-18)17(25)23-14-7-8-21-24(14)9-12-5-4-6-13(19)15(12)20/h4-8,10H,9H2,1-3H3,(H,23,25). The molecular weight excluding hydrogens is 391 g/mol. The van der Waals surface area contributed by atoms with Crippen LogP contribution in [0.4, 0.5) is 5.82 Å². The second-order valence-corrected chi connectivity index (χ2v) is 7.98. The number of nitrogens with one attached hydrogen (secondary N) is 1. The number of nitrogens with zero attached hydrogens (tertiary/aromatic N) is 3. The van der Waals surface area contributed by atoms with Gasteiger partial charge in [-0.15, -0.1) is 11.3 Å². The first-order valence-electron chi connectivity index (χ1n) is 8.10. The van der Waals surface area contributed by atoms with Crippen LogP contribution in [0.5, 0.6) is 0 Å². The van der Waals surface area contributed by atoms with Crippen LogP contribution in [0.25, 0.3) is 0 Å². The highest BCUT2D eigenvalue weighted by Crippen LogP contribution is 2.28. The Morgan fingerprint density at radius 3 is 2.77 bits per heavy atom. The van der Waals surface area contributed by atoms with E-state index in [4.69, 9.17) is 23.2 Å². The van der Waals surface area contributed by atoms with E-state index in [9.17, 15) is 4.79 Å². The third-order valence-electron chi connectivity index (χ3n) is 3.82. The van der Waals surface area contributed by atoms with Gasteiger partial charge in [0.05, 0.1) is 33.5 Å². The maximum Gasteiger partial charge on any atom is 0.268 e. The lowest BCUT2D eigenvalue weighted by molar-refractivity contribution is 0.102. The Morgan fingerprint density at radius 2 is 2.08 bits per heavy atom. The molecule has 26 heavy (non-hydrogen) atoms. The topological polar surface area (TPSA) is 59.8 Å². The maximum absolute atomic E-state index is 12.7. The van der Waals surface area contributed by atoms with E-state index in [1.807, 2.05) is 19.1 Å². The summed E-state index contributed by atoms with van der Waals surface area (Å²) in [6.45, 7) is 6.37. The molecule has 3 aromatic rings. The van der Waals surface area contributed by atoms with Crippen molar-refractivity contribution < 1.29 is 4.79 Å². The fraction of sp³-hybridized carbons (Fsp3) is 0.278. The summed E-state index contributed by atoms with van der Waals surface area (Å²) in [5.74, 6) is 0.687. The molecule has 0 bridgehead atoms. The van der Waals surface area contributed by atoms with Gasteiger partial charge in [0.1, 0.15) is 10.7 Å². The molecule has 2 aromatic heterocycles. The molecule has 1 amide bonds. The molecule has 0 saturated heterocycles. The highest BCUT2D eigenvalue weighted by Gasteiger charge is 2.18. The monoisotopic (exact) mass is 408 g/mol. The predicted molar refractivity (Wildman–Crippen MR) is 107 cm³/mol. The zero-order valence-corrected chi connectivity index (χ0v) is 16.9. The van der Waals surface area contributed by atoms with E-state index in [0.717, 1.165) is 16.3 Å². The Kier molecular flexibility index (Phi) is 5.65. The van der Waals surface area contributed by atoms with E-state index in [-0.39, 0.29) is 11.8 Å². The van der Waals surface area contributed by atoms with Crippen LogP contribution in [0.2, 0.25) is 10.0 Å². The second-order valence-electron chi connectivity index (χ2n) is 6.16. The summed E-state index contributed by atoms with van der Waals surface area (Å²) in [7, 11) is 0. The van der Waals surface area contributed by atoms with Crippen molar-refractivity contribution in [3.8, 4) is 0 Å². The molecule has 0 spiro atoms. The molecule has 0 aliphatic heterocycles. The number of amides is 1. The van der Waals surface area contributed by atoms with E-state index < -0.39 is 0 Å². The van der Waals surface area contributed by atoms with Gasteiger partial charge in [-0.3, -0.25) is 4.79 Å². The van der Waals surface area contributed by atoms with E-state index in [1.165, 1.54) is 11.3 Å². The number of aromatic nitrogens is 3. The van der Waals surface area contributed by atoms with Crippen LogP contribution in [0.1, 0.15) is 45.7 Å². The Balaban J connectivity index is 1.81. The molecule has 0 atom stereocenters. The van der Waals surface area contributed by atoms with E-state index in [0.29, 0.717) is 27.3 Å². The van der Waals surface area contributed by atoms with Gasteiger partial charge in [-0.05, 0) is 18.6 Å². The zero-order valence-electron chi connectivity index (χ0n) is 14.6. The van der Waals surface area contributed by atoms with Gasteiger partial charge in [-0.25, -0.2) is 9.67 Å². The molecular formula is C18H18Cl2N4OS. The molecule has 0 saturated carbocycles. The molecule has 5 nitrogen and oxygen atoms in total. The molecule has 136 valence electrons. The van der Waals surface area contributed by atoms with Gasteiger partial charge < -0.3 is 5.32 Å². The van der Waals surface area contributed by atoms with Crippen molar-refractivity contribution in [1.82, 2.24) is 14.8 Å². The van der Waals surface area contributed by atoms with Crippen molar-refractivity contribution in [2.24, 2.45) is 0 Å². The van der Waals surface area contributed by atoms with Crippen molar-refractivity contribution in [3.63, 3.8) is 0 Å². The van der Waals surface area contributed by atoms with Crippen molar-refractivity contribution in [1.29, 1.82) is 0 Å². The van der Waals surface area contributed by atoms with E-state index in [2.05, 4.69) is 29.2 Å². The number of rotatable bonds is 5. The van der Waals surface area contributed by atoms with Crippen LogP contribution in [-0.4, -0.2) is 20.7 Å². The van der Waals surface area contributed by atoms with E-state index >= 15 is 0 Å². The first-order valence-corrected chi connectivity index (χ1v) is 9.67. The van der Waals surface area contributed by atoms with Gasteiger partial charge >= 0.3 is 0 Å². The Labute approximate surface area is 166 Å². The number of aryl methyl sites for hydroxylation is 1. The number of thiazole rings is 1. The Morgan fingerprint density at radius 1 is 1.31 bits per heavy atom. The first kappa shape index (κ1) is 18.9. The minimum atomic E-state index is -0.189. The number of hydrogen-bond acceptors (Lipinski definition) is 4. The summed E-state index contributed by atoms with van der Waals surface area (Å²) in [6, 6.07) is 7.19. The maximum atomic E-state index is 12.7. The minimum absolute atomic E-state index is 0.189. The summed E-state index contributed by atoms with van der Waals surface area (Å²) in [5.41, 5.74) is 1.56. The number of anilines is 1. The second kappa shape index (κ2) is 7.78. The fourth-order valence-corrected chi connectivity index (χ4v) is 3.79. The van der Waals surface area contributed by atoms with Crippen LogP contribution < -0.4 is 5.32 Å². The predicted octanol–water partition coefficient (Wildman–Crippen LogP) is 5.38. The van der Waals surface area contributed by atoms with Gasteiger partial charge in [0.2, 0.25) is 0 Å². The summed E-state index contributed by atoms with van der Waals surface area (Å²) >= 11 is 13.7. The number of halogens is 2. The van der Waals surface area contributed by atoms with Crippen molar-refractivity contribution >= 4 is 46.3 Å². The number of carbonyl (C=O) groups excluding carboxylic acids is 1. The van der Waals surface area contributed by atoms with Crippen LogP contribution >= 0.6 is 34.5 Å². The average molecular weight is 409 g/mol. The highest BCUT2D eigenvalue weighted by atomic mass is 35.5. The van der Waals surface area contributed by atoms with Gasteiger partial charge in [-0.2, -0.15) is 5.10 Å². The number of benzene rings is 1. The third kappa shape index (κ3) is 3.92. The van der Waals surface area contributed by atoms with Crippen molar-refractivity contribution in [3.05, 3.63) is 61.6 Å². The largest absolute Gasteiger partial charge is 0.306 e. The molecule has 3 rings (SSSR count). The summed E-state index contributed by atoms with van der Waals surface area (Å²) in [4.78, 5) is 17.8. The Bertz CT molecular complexity index is 949. The summed E-state index contributed by atoms with van der Waals surface area (Å²) in [5, 5.41) is 9.11. The van der Waals surface area contributed by atoms with Gasteiger partial charge in [-0.1, -0.05) is 49.2 Å². The van der Waals surface area contributed by atoms with Crippen molar-refractivity contribution in [2.45, 2.75) is 33.2 Å². The lowest BCUT2D eigenvalue weighted by Gasteiger charge is -2.10. The molecule has 0 fully saturated rings. The quantitative estimate of drug-likeness (QED) is 0.616. The zero-order chi connectivity index (χ0) is 18.8. The van der Waals surface area contributed by atoms with Crippen molar-refractivity contribution in [2.75, 3.05) is 5.32 Å². The minimum Gasteiger partial charge on any atom is -0.306 e. The highest BCUT2D eigenvalue weighted by molar-refractivity contribution is 7.14. The summed E-state index contributed by atoms with van der Waals surface area (Å²) < 4.78 is 1.68. The molecule has 1 N–H and O–H groups in total. The average Bonchev–Trinajstić information content (AvgIpc) is 3.18. The number of carbonyl (C=O) groups is 1. The first-order chi connectivity index (χ1) is 12.4. The normalized spacial score (nSPS) is 11.2. The molecule has 8 heteroatoms. The molecule has 0 aliphatic rings. The Hall–Kier alpha value is -1.89. The SMILES string of the molecule is Cc1nc(C(C)C)sc1C(=O)Nc1ccnn1Cc1cccc(Cl)c1Cl. The van der Waals surface area contributed by atoms with Gasteiger partial charge in [0.15, 0.2) is 0 Å². The van der Waals surface area contributed by atoms with Crippen LogP contribution in [0.15, 0.2) is 30.5 Å². The lowest BCUT2D eigenvalue weighted by atomic mass is 10.2. The van der Waals surface area contributed by atoms with Crippen LogP contribution in [0, 0.1) is 6.92 Å². The molecule has 0 unspecified atom stereocenters. The molecule has 0 aliphatic carbocycles. The van der Waals surface area contributed by atoms with Crippen LogP contribution in [0.3, 0.4) is 0 Å². The number of hydrogen-bond donors (Lipinski definition) is 1. The van der Waals surface area contributed by atoms with E-state index in [1.54, 1.807) is 23.0 Å². The molecule has 1 aromatic carbocycles. The third-order valence-corrected chi connectivity index (χ3v) is 6.14. The smallest absolute Gasteiger partial charge is 0.268 e.